The molecule has 2 aromatic rings. The zero-order valence-corrected chi connectivity index (χ0v) is 17.7. The van der Waals surface area contributed by atoms with Gasteiger partial charge in [-0.1, -0.05) is 23.7 Å². The van der Waals surface area contributed by atoms with Crippen molar-refractivity contribution in [3.8, 4) is 6.07 Å². The maximum atomic E-state index is 13.2. The number of aromatic nitrogens is 2. The van der Waals surface area contributed by atoms with E-state index in [0.717, 1.165) is 0 Å². The molecule has 1 aromatic carbocycles. The number of sulfone groups is 1. The first-order valence-electron chi connectivity index (χ1n) is 8.94. The van der Waals surface area contributed by atoms with Crippen LogP contribution in [-0.4, -0.2) is 49.1 Å². The van der Waals surface area contributed by atoms with Crippen LogP contribution in [0.5, 0.6) is 0 Å². The molecule has 0 saturated carbocycles. The molecule has 0 spiro atoms. The average molecular weight is 452 g/mol. The SMILES string of the molecule is Cc1nc(C(C#N)S(=O)(=O)c2ccccc2Cl)c([N+](=O)[O-])c(N2CCOC(C)C2)n1. The molecule has 3 rings (SSSR count). The van der Waals surface area contributed by atoms with Crippen LogP contribution in [0.4, 0.5) is 11.5 Å². The Morgan fingerprint density at radius 2 is 2.10 bits per heavy atom. The van der Waals surface area contributed by atoms with E-state index in [1.165, 1.54) is 31.2 Å². The van der Waals surface area contributed by atoms with E-state index in [9.17, 15) is 23.8 Å². The van der Waals surface area contributed by atoms with Gasteiger partial charge in [0.2, 0.25) is 20.9 Å². The molecule has 0 aliphatic carbocycles. The topological polar surface area (TPSA) is 139 Å². The zero-order valence-electron chi connectivity index (χ0n) is 16.1. The Labute approximate surface area is 178 Å². The van der Waals surface area contributed by atoms with Crippen molar-refractivity contribution in [3.63, 3.8) is 0 Å². The predicted molar refractivity (Wildman–Crippen MR) is 108 cm³/mol. The maximum absolute atomic E-state index is 13.2. The first-order chi connectivity index (χ1) is 14.2. The van der Waals surface area contributed by atoms with Gasteiger partial charge in [0, 0.05) is 13.1 Å². The number of halogens is 1. The molecule has 0 radical (unpaired) electrons. The number of aryl methyl sites for hydroxylation is 1. The summed E-state index contributed by atoms with van der Waals surface area (Å²) in [5.41, 5.74) is -1.10. The number of benzene rings is 1. The molecule has 1 fully saturated rings. The van der Waals surface area contributed by atoms with Crippen LogP contribution in [-0.2, 0) is 14.6 Å². The number of rotatable bonds is 5. The molecule has 0 N–H and O–H groups in total. The monoisotopic (exact) mass is 451 g/mol. The quantitative estimate of drug-likeness (QED) is 0.495. The van der Waals surface area contributed by atoms with E-state index in [4.69, 9.17) is 16.3 Å². The molecular weight excluding hydrogens is 434 g/mol. The van der Waals surface area contributed by atoms with Crippen molar-refractivity contribution in [2.45, 2.75) is 30.1 Å². The molecule has 158 valence electrons. The smallest absolute Gasteiger partial charge is 0.335 e. The Hall–Kier alpha value is -2.81. The van der Waals surface area contributed by atoms with Crippen LogP contribution in [0.2, 0.25) is 5.02 Å². The summed E-state index contributed by atoms with van der Waals surface area (Å²) >= 11 is 6.02. The molecule has 1 aromatic heterocycles. The first-order valence-corrected chi connectivity index (χ1v) is 10.9. The third-order valence-corrected chi connectivity index (χ3v) is 6.91. The Bertz CT molecular complexity index is 1130. The lowest BCUT2D eigenvalue weighted by molar-refractivity contribution is -0.385. The summed E-state index contributed by atoms with van der Waals surface area (Å²) in [5.74, 6) is 0.0756. The van der Waals surface area contributed by atoms with E-state index in [1.54, 1.807) is 11.0 Å². The second-order valence-corrected chi connectivity index (χ2v) is 9.11. The summed E-state index contributed by atoms with van der Waals surface area (Å²) in [6.07, 6.45) is -0.198. The highest BCUT2D eigenvalue weighted by Gasteiger charge is 2.40. The van der Waals surface area contributed by atoms with Gasteiger partial charge in [0.15, 0.2) is 5.69 Å². The normalized spacial score (nSPS) is 17.9. The molecule has 0 amide bonds. The minimum absolute atomic E-state index is 0.0349. The van der Waals surface area contributed by atoms with Gasteiger partial charge in [-0.15, -0.1) is 0 Å². The highest BCUT2D eigenvalue weighted by Crippen LogP contribution is 2.39. The number of morpholine rings is 1. The Morgan fingerprint density at radius 1 is 1.40 bits per heavy atom. The summed E-state index contributed by atoms with van der Waals surface area (Å²) in [7, 11) is -4.40. The molecule has 1 saturated heterocycles. The van der Waals surface area contributed by atoms with Crippen molar-refractivity contribution >= 4 is 32.9 Å². The highest BCUT2D eigenvalue weighted by molar-refractivity contribution is 7.92. The van der Waals surface area contributed by atoms with Gasteiger partial charge in [-0.05, 0) is 26.0 Å². The van der Waals surface area contributed by atoms with Crippen LogP contribution in [0.1, 0.15) is 23.7 Å². The fourth-order valence-corrected chi connectivity index (χ4v) is 5.16. The van der Waals surface area contributed by atoms with Gasteiger partial charge in [0.05, 0.1) is 33.6 Å². The van der Waals surface area contributed by atoms with E-state index >= 15 is 0 Å². The molecule has 10 nitrogen and oxygen atoms in total. The van der Waals surface area contributed by atoms with Gasteiger partial charge >= 0.3 is 5.69 Å². The number of ether oxygens (including phenoxy) is 1. The van der Waals surface area contributed by atoms with Crippen molar-refractivity contribution in [2.24, 2.45) is 0 Å². The second-order valence-electron chi connectivity index (χ2n) is 6.70. The van der Waals surface area contributed by atoms with Crippen LogP contribution >= 0.6 is 11.6 Å². The molecule has 1 aliphatic rings. The summed E-state index contributed by atoms with van der Waals surface area (Å²) in [6.45, 7) is 4.28. The number of nitro groups is 1. The zero-order chi connectivity index (χ0) is 22.1. The highest BCUT2D eigenvalue weighted by atomic mass is 35.5. The lowest BCUT2D eigenvalue weighted by atomic mass is 10.2. The van der Waals surface area contributed by atoms with Crippen LogP contribution in [0.3, 0.4) is 0 Å². The number of hydrogen-bond acceptors (Lipinski definition) is 9. The molecule has 0 bridgehead atoms. The van der Waals surface area contributed by atoms with Crippen molar-refractivity contribution in [1.29, 1.82) is 5.26 Å². The van der Waals surface area contributed by atoms with E-state index in [0.29, 0.717) is 19.7 Å². The van der Waals surface area contributed by atoms with Crippen LogP contribution in [0.15, 0.2) is 29.2 Å². The second kappa shape index (κ2) is 8.51. The Morgan fingerprint density at radius 3 is 2.70 bits per heavy atom. The van der Waals surface area contributed by atoms with Gasteiger partial charge in [-0.2, -0.15) is 5.26 Å². The summed E-state index contributed by atoms with van der Waals surface area (Å²) < 4.78 is 31.8. The number of nitriles is 1. The van der Waals surface area contributed by atoms with E-state index < -0.39 is 31.4 Å². The average Bonchev–Trinajstić information content (AvgIpc) is 2.67. The van der Waals surface area contributed by atoms with Crippen LogP contribution < -0.4 is 4.90 Å². The van der Waals surface area contributed by atoms with Crippen molar-refractivity contribution in [2.75, 3.05) is 24.6 Å². The molecule has 12 heteroatoms. The molecule has 2 heterocycles. The Kier molecular flexibility index (Phi) is 6.21. The van der Waals surface area contributed by atoms with Crippen molar-refractivity contribution < 1.29 is 18.1 Å². The molecule has 30 heavy (non-hydrogen) atoms. The van der Waals surface area contributed by atoms with Crippen molar-refractivity contribution in [3.05, 3.63) is 50.9 Å². The first kappa shape index (κ1) is 21.9. The Balaban J connectivity index is 2.22. The van der Waals surface area contributed by atoms with Gasteiger partial charge in [-0.25, -0.2) is 18.4 Å². The standard InChI is InChI=1S/C18H18ClN5O5S/c1-11-10-23(7-8-29-11)18-17(24(25)26)16(21-12(2)22-18)15(9-20)30(27,28)14-6-4-3-5-13(14)19/h3-6,11,15H,7-8,10H2,1-2H3. The van der Waals surface area contributed by atoms with E-state index in [-0.39, 0.29) is 27.7 Å². The van der Waals surface area contributed by atoms with Gasteiger partial charge < -0.3 is 9.64 Å². The summed E-state index contributed by atoms with van der Waals surface area (Å²) in [5, 5.41) is 19.7. The van der Waals surface area contributed by atoms with Gasteiger partial charge in [0.1, 0.15) is 5.82 Å². The van der Waals surface area contributed by atoms with E-state index in [1.807, 2.05) is 6.92 Å². The molecule has 2 unspecified atom stereocenters. The fourth-order valence-electron chi connectivity index (χ4n) is 3.24. The maximum Gasteiger partial charge on any atom is 0.335 e. The van der Waals surface area contributed by atoms with Gasteiger partial charge in [-0.3, -0.25) is 10.1 Å². The third kappa shape index (κ3) is 4.07. The van der Waals surface area contributed by atoms with E-state index in [2.05, 4.69) is 9.97 Å². The van der Waals surface area contributed by atoms with Gasteiger partial charge in [0.25, 0.3) is 0 Å². The fraction of sp³-hybridized carbons (Fsp3) is 0.389. The predicted octanol–water partition coefficient (Wildman–Crippen LogP) is 2.61. The number of hydrogen-bond donors (Lipinski definition) is 0. The third-order valence-electron chi connectivity index (χ3n) is 4.55. The number of nitrogens with zero attached hydrogens (tertiary/aromatic N) is 5. The lowest BCUT2D eigenvalue weighted by Crippen LogP contribution is -2.42. The lowest BCUT2D eigenvalue weighted by Gasteiger charge is -2.32. The minimum Gasteiger partial charge on any atom is -0.375 e. The largest absolute Gasteiger partial charge is 0.375 e. The molecule has 2 atom stereocenters. The summed E-state index contributed by atoms with van der Waals surface area (Å²) in [4.78, 5) is 20.7. The van der Waals surface area contributed by atoms with Crippen LogP contribution in [0.25, 0.3) is 0 Å². The van der Waals surface area contributed by atoms with Crippen LogP contribution in [0, 0.1) is 28.4 Å². The molecule has 1 aliphatic heterocycles. The minimum atomic E-state index is -4.40. The van der Waals surface area contributed by atoms with Crippen molar-refractivity contribution in [1.82, 2.24) is 9.97 Å². The molecular formula is C18H18ClN5O5S. The number of anilines is 1. The summed E-state index contributed by atoms with van der Waals surface area (Å²) in [6, 6.07) is 7.26.